The van der Waals surface area contributed by atoms with E-state index in [2.05, 4.69) is 10.6 Å². The number of carbonyl (C=O) groups is 3. The van der Waals surface area contributed by atoms with Crippen LogP contribution >= 0.6 is 0 Å². The van der Waals surface area contributed by atoms with Gasteiger partial charge in [0.2, 0.25) is 0 Å². The molecule has 1 saturated carbocycles. The van der Waals surface area contributed by atoms with Gasteiger partial charge in [-0.25, -0.2) is 8.78 Å². The highest BCUT2D eigenvalue weighted by molar-refractivity contribution is 5.95. The summed E-state index contributed by atoms with van der Waals surface area (Å²) in [5.41, 5.74) is -2.09. The molecule has 0 radical (unpaired) electrons. The predicted octanol–water partition coefficient (Wildman–Crippen LogP) is 4.17. The lowest BCUT2D eigenvalue weighted by atomic mass is 9.87. The topological polar surface area (TPSA) is 105 Å². The van der Waals surface area contributed by atoms with Crippen LogP contribution < -0.4 is 15.4 Å². The third kappa shape index (κ3) is 6.92. The van der Waals surface area contributed by atoms with E-state index >= 15 is 0 Å². The molecular weight excluding hydrogens is 491 g/mol. The lowest BCUT2D eigenvalue weighted by molar-refractivity contribution is -0.143. The maximum atomic E-state index is 14.4. The SMILES string of the molecule is O=C(NCCNC(=O)c1ccc(OC2CCC(C(=O)O)CC2)cc1F)c1ccc(C(F)(F)F)c(F)c1. The monoisotopic (exact) mass is 514 g/mol. The number of halogens is 5. The van der Waals surface area contributed by atoms with Crippen molar-refractivity contribution in [2.24, 2.45) is 5.92 Å². The first kappa shape index (κ1) is 26.9. The van der Waals surface area contributed by atoms with Crippen molar-refractivity contribution in [3.05, 3.63) is 64.7 Å². The van der Waals surface area contributed by atoms with Crippen LogP contribution in [-0.4, -0.2) is 42.1 Å². The molecule has 0 aromatic heterocycles. The zero-order valence-electron chi connectivity index (χ0n) is 18.8. The molecule has 2 amide bonds. The first-order valence-electron chi connectivity index (χ1n) is 11.1. The molecule has 0 atom stereocenters. The molecule has 1 aliphatic rings. The van der Waals surface area contributed by atoms with Crippen molar-refractivity contribution in [3.8, 4) is 5.75 Å². The smallest absolute Gasteiger partial charge is 0.419 e. The Labute approximate surface area is 202 Å². The molecule has 0 saturated heterocycles. The van der Waals surface area contributed by atoms with E-state index in [0.717, 1.165) is 12.1 Å². The second-order valence-electron chi connectivity index (χ2n) is 8.28. The minimum atomic E-state index is -4.88. The summed E-state index contributed by atoms with van der Waals surface area (Å²) in [5.74, 6) is -5.08. The van der Waals surface area contributed by atoms with Gasteiger partial charge < -0.3 is 20.5 Å². The molecule has 3 rings (SSSR count). The molecule has 0 aliphatic heterocycles. The number of rotatable bonds is 8. The van der Waals surface area contributed by atoms with E-state index in [9.17, 15) is 36.3 Å². The van der Waals surface area contributed by atoms with Crippen LogP contribution in [0.1, 0.15) is 52.0 Å². The minimum Gasteiger partial charge on any atom is -0.490 e. The van der Waals surface area contributed by atoms with E-state index in [-0.39, 0.29) is 36.1 Å². The van der Waals surface area contributed by atoms with Gasteiger partial charge in [-0.1, -0.05) is 0 Å². The molecule has 7 nitrogen and oxygen atoms in total. The van der Waals surface area contributed by atoms with Crippen molar-refractivity contribution >= 4 is 17.8 Å². The molecule has 2 aromatic rings. The van der Waals surface area contributed by atoms with Gasteiger partial charge in [0.25, 0.3) is 11.8 Å². The highest BCUT2D eigenvalue weighted by Crippen LogP contribution is 2.31. The van der Waals surface area contributed by atoms with Crippen LogP contribution in [0.4, 0.5) is 22.0 Å². The molecule has 0 heterocycles. The number of amides is 2. The summed E-state index contributed by atoms with van der Waals surface area (Å²) in [4.78, 5) is 35.3. The Bertz CT molecular complexity index is 1130. The van der Waals surface area contributed by atoms with E-state index in [0.29, 0.717) is 37.8 Å². The zero-order chi connectivity index (χ0) is 26.5. The Morgan fingerprint density at radius 1 is 0.889 bits per heavy atom. The molecule has 1 fully saturated rings. The van der Waals surface area contributed by atoms with Crippen LogP contribution in [0, 0.1) is 17.6 Å². The molecule has 0 bridgehead atoms. The fraction of sp³-hybridized carbons (Fsp3) is 0.375. The van der Waals surface area contributed by atoms with Gasteiger partial charge in [0, 0.05) is 24.7 Å². The van der Waals surface area contributed by atoms with Crippen LogP contribution in [0.5, 0.6) is 5.75 Å². The third-order valence-corrected chi connectivity index (χ3v) is 5.74. The average molecular weight is 514 g/mol. The molecular formula is C24H23F5N2O5. The summed E-state index contributed by atoms with van der Waals surface area (Å²) < 4.78 is 71.6. The number of carboxylic acid groups (broad SMARTS) is 1. The largest absolute Gasteiger partial charge is 0.490 e. The van der Waals surface area contributed by atoms with Crippen molar-refractivity contribution in [1.82, 2.24) is 10.6 Å². The fourth-order valence-electron chi connectivity index (χ4n) is 3.81. The van der Waals surface area contributed by atoms with Crippen LogP contribution in [0.25, 0.3) is 0 Å². The van der Waals surface area contributed by atoms with E-state index < -0.39 is 47.1 Å². The zero-order valence-corrected chi connectivity index (χ0v) is 18.8. The quantitative estimate of drug-likeness (QED) is 0.363. The van der Waals surface area contributed by atoms with Crippen molar-refractivity contribution in [3.63, 3.8) is 0 Å². The number of carboxylic acids is 1. The molecule has 3 N–H and O–H groups in total. The summed E-state index contributed by atoms with van der Waals surface area (Å²) in [7, 11) is 0. The molecule has 2 aromatic carbocycles. The normalized spacial score (nSPS) is 17.8. The van der Waals surface area contributed by atoms with Gasteiger partial charge in [0.05, 0.1) is 23.1 Å². The molecule has 12 heteroatoms. The number of benzene rings is 2. The van der Waals surface area contributed by atoms with Crippen LogP contribution in [0.3, 0.4) is 0 Å². The lowest BCUT2D eigenvalue weighted by Gasteiger charge is -2.26. The van der Waals surface area contributed by atoms with E-state index in [4.69, 9.17) is 9.84 Å². The van der Waals surface area contributed by atoms with E-state index in [1.165, 1.54) is 12.1 Å². The van der Waals surface area contributed by atoms with Crippen molar-refractivity contribution in [1.29, 1.82) is 0 Å². The number of aliphatic carboxylic acids is 1. The van der Waals surface area contributed by atoms with Gasteiger partial charge in [-0.15, -0.1) is 0 Å². The molecule has 1 aliphatic carbocycles. The van der Waals surface area contributed by atoms with Gasteiger partial charge >= 0.3 is 12.1 Å². The van der Waals surface area contributed by atoms with Crippen LogP contribution in [0.15, 0.2) is 36.4 Å². The van der Waals surface area contributed by atoms with Gasteiger partial charge in [0.15, 0.2) is 0 Å². The number of hydrogen-bond acceptors (Lipinski definition) is 4. The second kappa shape index (κ2) is 11.4. The maximum Gasteiger partial charge on any atom is 0.419 e. The standard InChI is InChI=1S/C24H23F5N2O5/c25-19-12-16(36-15-4-1-13(2-5-15)23(34)35)6-7-17(19)22(33)31-10-9-30-21(32)14-3-8-18(20(26)11-14)24(27,28)29/h3,6-8,11-13,15H,1-2,4-5,9-10H2,(H,30,32)(H,31,33)(H,34,35). The molecule has 194 valence electrons. The van der Waals surface area contributed by atoms with E-state index in [1.54, 1.807) is 0 Å². The van der Waals surface area contributed by atoms with Crippen molar-refractivity contribution < 1.29 is 46.2 Å². The Morgan fingerprint density at radius 2 is 1.53 bits per heavy atom. The first-order chi connectivity index (χ1) is 17.0. The van der Waals surface area contributed by atoms with Gasteiger partial charge in [-0.3, -0.25) is 14.4 Å². The average Bonchev–Trinajstić information content (AvgIpc) is 2.81. The molecule has 0 unspecified atom stereocenters. The summed E-state index contributed by atoms with van der Waals surface area (Å²) in [6, 6.07) is 5.46. The van der Waals surface area contributed by atoms with Crippen LogP contribution in [0.2, 0.25) is 0 Å². The number of carbonyl (C=O) groups excluding carboxylic acids is 2. The first-order valence-corrected chi connectivity index (χ1v) is 11.1. The Balaban J connectivity index is 1.46. The number of hydrogen-bond donors (Lipinski definition) is 3. The third-order valence-electron chi connectivity index (χ3n) is 5.74. The summed E-state index contributed by atoms with van der Waals surface area (Å²) in [6.45, 7) is -0.271. The Kier molecular flexibility index (Phi) is 8.49. The number of alkyl halides is 3. The highest BCUT2D eigenvalue weighted by atomic mass is 19.4. The van der Waals surface area contributed by atoms with Crippen molar-refractivity contribution in [2.45, 2.75) is 38.0 Å². The molecule has 36 heavy (non-hydrogen) atoms. The van der Waals surface area contributed by atoms with Crippen molar-refractivity contribution in [2.75, 3.05) is 13.1 Å². The highest BCUT2D eigenvalue weighted by Gasteiger charge is 2.34. The predicted molar refractivity (Wildman–Crippen MR) is 116 cm³/mol. The van der Waals surface area contributed by atoms with Gasteiger partial charge in [-0.05, 0) is 56.0 Å². The summed E-state index contributed by atoms with van der Waals surface area (Å²) in [5, 5.41) is 13.7. The van der Waals surface area contributed by atoms with Gasteiger partial charge in [-0.2, -0.15) is 13.2 Å². The maximum absolute atomic E-state index is 14.4. The summed E-state index contributed by atoms with van der Waals surface area (Å²) in [6.07, 6.45) is -3.16. The second-order valence-corrected chi connectivity index (χ2v) is 8.28. The summed E-state index contributed by atoms with van der Waals surface area (Å²) >= 11 is 0. The Hall–Kier alpha value is -3.70. The number of ether oxygens (including phenoxy) is 1. The van der Waals surface area contributed by atoms with E-state index in [1.807, 2.05) is 0 Å². The van der Waals surface area contributed by atoms with Crippen LogP contribution in [-0.2, 0) is 11.0 Å². The molecule has 0 spiro atoms. The Morgan fingerprint density at radius 3 is 2.08 bits per heavy atom. The fourth-order valence-corrected chi connectivity index (χ4v) is 3.81. The lowest BCUT2D eigenvalue weighted by Crippen LogP contribution is -2.35. The minimum absolute atomic E-state index is 0.127. The van der Waals surface area contributed by atoms with Gasteiger partial charge in [0.1, 0.15) is 17.4 Å². The number of nitrogens with one attached hydrogen (secondary N) is 2.